The number of unbranched alkanes of at least 4 members (excludes halogenated alkanes) is 1. The SMILES string of the molecule is CCCCc1nccc(NCC)n1. The summed E-state index contributed by atoms with van der Waals surface area (Å²) >= 11 is 0. The first-order chi connectivity index (χ1) is 6.36. The maximum Gasteiger partial charge on any atom is 0.130 e. The summed E-state index contributed by atoms with van der Waals surface area (Å²) in [7, 11) is 0. The number of aryl methyl sites for hydroxylation is 1. The number of rotatable bonds is 5. The van der Waals surface area contributed by atoms with E-state index < -0.39 is 0 Å². The van der Waals surface area contributed by atoms with Crippen LogP contribution in [0.15, 0.2) is 12.3 Å². The largest absolute Gasteiger partial charge is 0.370 e. The van der Waals surface area contributed by atoms with Gasteiger partial charge >= 0.3 is 0 Å². The Bertz CT molecular complexity index is 248. The van der Waals surface area contributed by atoms with E-state index in [2.05, 4.69) is 29.1 Å². The van der Waals surface area contributed by atoms with E-state index >= 15 is 0 Å². The smallest absolute Gasteiger partial charge is 0.130 e. The zero-order valence-corrected chi connectivity index (χ0v) is 8.38. The second-order valence-electron chi connectivity index (χ2n) is 2.99. The Balaban J connectivity index is 2.56. The van der Waals surface area contributed by atoms with Gasteiger partial charge in [-0.25, -0.2) is 9.97 Å². The van der Waals surface area contributed by atoms with Crippen molar-refractivity contribution in [1.29, 1.82) is 0 Å². The Morgan fingerprint density at radius 2 is 2.23 bits per heavy atom. The highest BCUT2D eigenvalue weighted by molar-refractivity contribution is 5.32. The van der Waals surface area contributed by atoms with E-state index in [1.54, 1.807) is 0 Å². The average Bonchev–Trinajstić information content (AvgIpc) is 2.16. The molecule has 0 spiro atoms. The van der Waals surface area contributed by atoms with Crippen molar-refractivity contribution < 1.29 is 0 Å². The van der Waals surface area contributed by atoms with E-state index in [1.807, 2.05) is 12.3 Å². The van der Waals surface area contributed by atoms with Crippen LogP contribution in [0.2, 0.25) is 0 Å². The van der Waals surface area contributed by atoms with Gasteiger partial charge in [0.15, 0.2) is 0 Å². The van der Waals surface area contributed by atoms with Crippen LogP contribution in [0.5, 0.6) is 0 Å². The average molecular weight is 179 g/mol. The first kappa shape index (κ1) is 9.96. The highest BCUT2D eigenvalue weighted by atomic mass is 15.0. The van der Waals surface area contributed by atoms with Gasteiger partial charge in [0, 0.05) is 19.2 Å². The van der Waals surface area contributed by atoms with Gasteiger partial charge in [0.25, 0.3) is 0 Å². The number of aromatic nitrogens is 2. The minimum absolute atomic E-state index is 0.907. The van der Waals surface area contributed by atoms with Gasteiger partial charge in [0.05, 0.1) is 0 Å². The zero-order valence-electron chi connectivity index (χ0n) is 8.38. The van der Waals surface area contributed by atoms with E-state index in [-0.39, 0.29) is 0 Å². The molecule has 1 rings (SSSR count). The van der Waals surface area contributed by atoms with Crippen molar-refractivity contribution in [2.75, 3.05) is 11.9 Å². The maximum atomic E-state index is 4.38. The summed E-state index contributed by atoms with van der Waals surface area (Å²) < 4.78 is 0. The van der Waals surface area contributed by atoms with E-state index in [4.69, 9.17) is 0 Å². The number of anilines is 1. The minimum atomic E-state index is 0.907. The molecule has 0 aliphatic heterocycles. The molecule has 0 aliphatic rings. The highest BCUT2D eigenvalue weighted by Crippen LogP contribution is 2.04. The second-order valence-corrected chi connectivity index (χ2v) is 2.99. The van der Waals surface area contributed by atoms with E-state index in [9.17, 15) is 0 Å². The molecule has 1 aromatic heterocycles. The Morgan fingerprint density at radius 1 is 1.38 bits per heavy atom. The maximum absolute atomic E-state index is 4.38. The van der Waals surface area contributed by atoms with Crippen molar-refractivity contribution in [3.63, 3.8) is 0 Å². The van der Waals surface area contributed by atoms with Crippen molar-refractivity contribution in [3.05, 3.63) is 18.1 Å². The van der Waals surface area contributed by atoms with Crippen molar-refractivity contribution in [3.8, 4) is 0 Å². The van der Waals surface area contributed by atoms with Crippen LogP contribution in [-0.2, 0) is 6.42 Å². The Hall–Kier alpha value is -1.12. The van der Waals surface area contributed by atoms with Gasteiger partial charge in [-0.2, -0.15) is 0 Å². The van der Waals surface area contributed by atoms with Crippen molar-refractivity contribution in [2.24, 2.45) is 0 Å². The lowest BCUT2D eigenvalue weighted by Crippen LogP contribution is -2.02. The summed E-state index contributed by atoms with van der Waals surface area (Å²) in [4.78, 5) is 8.59. The Morgan fingerprint density at radius 3 is 2.92 bits per heavy atom. The third kappa shape index (κ3) is 3.40. The van der Waals surface area contributed by atoms with Gasteiger partial charge in [0.2, 0.25) is 0 Å². The van der Waals surface area contributed by atoms with Gasteiger partial charge in [-0.1, -0.05) is 13.3 Å². The third-order valence-electron chi connectivity index (χ3n) is 1.82. The van der Waals surface area contributed by atoms with Gasteiger partial charge < -0.3 is 5.32 Å². The quantitative estimate of drug-likeness (QED) is 0.753. The Labute approximate surface area is 79.6 Å². The van der Waals surface area contributed by atoms with Crippen LogP contribution in [0.3, 0.4) is 0 Å². The van der Waals surface area contributed by atoms with Crippen LogP contribution in [0, 0.1) is 0 Å². The molecule has 0 saturated heterocycles. The summed E-state index contributed by atoms with van der Waals surface area (Å²) in [6, 6.07) is 1.90. The molecule has 72 valence electrons. The van der Waals surface area contributed by atoms with Crippen LogP contribution in [0.1, 0.15) is 32.5 Å². The van der Waals surface area contributed by atoms with Gasteiger partial charge in [-0.05, 0) is 19.4 Å². The van der Waals surface area contributed by atoms with Crippen molar-refractivity contribution in [1.82, 2.24) is 9.97 Å². The number of hydrogen-bond acceptors (Lipinski definition) is 3. The molecule has 1 aromatic rings. The summed E-state index contributed by atoms with van der Waals surface area (Å²) in [6.45, 7) is 5.15. The molecule has 0 aromatic carbocycles. The fourth-order valence-corrected chi connectivity index (χ4v) is 1.13. The standard InChI is InChI=1S/C10H17N3/c1-3-5-6-9-12-8-7-10(13-9)11-4-2/h7-8H,3-6H2,1-2H3,(H,11,12,13). The third-order valence-corrected chi connectivity index (χ3v) is 1.82. The fourth-order valence-electron chi connectivity index (χ4n) is 1.13. The zero-order chi connectivity index (χ0) is 9.52. The molecule has 0 fully saturated rings. The molecule has 3 nitrogen and oxygen atoms in total. The normalized spacial score (nSPS) is 10.0. The summed E-state index contributed by atoms with van der Waals surface area (Å²) in [6.07, 6.45) is 5.15. The predicted octanol–water partition coefficient (Wildman–Crippen LogP) is 2.25. The van der Waals surface area contributed by atoms with Crippen molar-refractivity contribution >= 4 is 5.82 Å². The lowest BCUT2D eigenvalue weighted by molar-refractivity contribution is 0.752. The second kappa shape index (κ2) is 5.51. The van der Waals surface area contributed by atoms with Crippen LogP contribution in [0.4, 0.5) is 5.82 Å². The van der Waals surface area contributed by atoms with Gasteiger partial charge in [-0.3, -0.25) is 0 Å². The molecule has 0 unspecified atom stereocenters. The van der Waals surface area contributed by atoms with E-state index in [0.717, 1.165) is 31.0 Å². The number of hydrogen-bond donors (Lipinski definition) is 1. The summed E-state index contributed by atoms with van der Waals surface area (Å²) in [5.74, 6) is 1.88. The van der Waals surface area contributed by atoms with Crippen LogP contribution >= 0.6 is 0 Å². The van der Waals surface area contributed by atoms with Gasteiger partial charge in [-0.15, -0.1) is 0 Å². The van der Waals surface area contributed by atoms with E-state index in [0.29, 0.717) is 0 Å². The van der Waals surface area contributed by atoms with Crippen LogP contribution in [0.25, 0.3) is 0 Å². The predicted molar refractivity (Wildman–Crippen MR) is 54.8 cm³/mol. The molecule has 0 aliphatic carbocycles. The lowest BCUT2D eigenvalue weighted by Gasteiger charge is -2.03. The molecule has 0 bridgehead atoms. The highest BCUT2D eigenvalue weighted by Gasteiger charge is 1.96. The topological polar surface area (TPSA) is 37.8 Å². The molecule has 13 heavy (non-hydrogen) atoms. The van der Waals surface area contributed by atoms with Gasteiger partial charge in [0.1, 0.15) is 11.6 Å². The van der Waals surface area contributed by atoms with E-state index in [1.165, 1.54) is 6.42 Å². The molecule has 0 saturated carbocycles. The fraction of sp³-hybridized carbons (Fsp3) is 0.600. The molecule has 0 radical (unpaired) electrons. The van der Waals surface area contributed by atoms with Crippen LogP contribution in [-0.4, -0.2) is 16.5 Å². The first-order valence-corrected chi connectivity index (χ1v) is 4.92. The molecule has 3 heteroatoms. The number of nitrogens with zero attached hydrogens (tertiary/aromatic N) is 2. The molecule has 1 N–H and O–H groups in total. The Kier molecular flexibility index (Phi) is 4.23. The molecule has 1 heterocycles. The molecular weight excluding hydrogens is 162 g/mol. The summed E-state index contributed by atoms with van der Waals surface area (Å²) in [5, 5.41) is 3.17. The van der Waals surface area contributed by atoms with Crippen molar-refractivity contribution in [2.45, 2.75) is 33.1 Å². The van der Waals surface area contributed by atoms with Crippen LogP contribution < -0.4 is 5.32 Å². The lowest BCUT2D eigenvalue weighted by atomic mass is 10.2. The molecular formula is C10H17N3. The summed E-state index contributed by atoms with van der Waals surface area (Å²) in [5.41, 5.74) is 0. The minimum Gasteiger partial charge on any atom is -0.370 e. The monoisotopic (exact) mass is 179 g/mol. The molecule has 0 amide bonds. The molecule has 0 atom stereocenters. The first-order valence-electron chi connectivity index (χ1n) is 4.92. The number of nitrogens with one attached hydrogen (secondary N) is 1.